The molecular weight excluding hydrogens is 356 g/mol. The van der Waals surface area contributed by atoms with E-state index < -0.39 is 10.0 Å². The molecule has 2 fully saturated rings. The summed E-state index contributed by atoms with van der Waals surface area (Å²) in [5, 5.41) is 2.82. The van der Waals surface area contributed by atoms with Gasteiger partial charge in [-0.2, -0.15) is 0 Å². The zero-order chi connectivity index (χ0) is 19.2. The highest BCUT2D eigenvalue weighted by Crippen LogP contribution is 2.18. The van der Waals surface area contributed by atoms with Crippen LogP contribution in [0.5, 0.6) is 0 Å². The number of rotatable bonds is 3. The van der Waals surface area contributed by atoms with Crippen LogP contribution in [-0.4, -0.2) is 93.0 Å². The Bertz CT molecular complexity index is 588. The number of hydrogen-bond donors (Lipinski definition) is 1. The van der Waals surface area contributed by atoms with Gasteiger partial charge in [0.2, 0.25) is 21.8 Å². The van der Waals surface area contributed by atoms with Gasteiger partial charge in [0, 0.05) is 58.2 Å². The number of nitrogens with zero attached hydrogens (tertiary/aromatic N) is 3. The smallest absolute Gasteiger partial charge is 0.225 e. The highest BCUT2D eigenvalue weighted by Gasteiger charge is 2.28. The molecule has 2 saturated heterocycles. The maximum atomic E-state index is 12.9. The van der Waals surface area contributed by atoms with Crippen molar-refractivity contribution in [3.63, 3.8) is 0 Å². The van der Waals surface area contributed by atoms with Crippen molar-refractivity contribution in [3.05, 3.63) is 0 Å². The molecule has 0 radical (unpaired) electrons. The first-order valence-electron chi connectivity index (χ1n) is 9.54. The number of likely N-dealkylation sites (N-methyl/N-ethyl adjacent to an activating group) is 1. The molecule has 1 unspecified atom stereocenters. The number of hydrogen-bond acceptors (Lipinski definition) is 5. The zero-order valence-corrected chi connectivity index (χ0v) is 16.8. The summed E-state index contributed by atoms with van der Waals surface area (Å²) in [6.45, 7) is 7.42. The summed E-state index contributed by atoms with van der Waals surface area (Å²) in [7, 11) is -3.34. The topological polar surface area (TPSA) is 90.0 Å². The molecular formula is C17H32N4O4S. The largest absolute Gasteiger partial charge is 0.356 e. The molecule has 0 aliphatic carbocycles. The summed E-state index contributed by atoms with van der Waals surface area (Å²) >= 11 is 0. The van der Waals surface area contributed by atoms with Crippen LogP contribution in [0.15, 0.2) is 0 Å². The lowest BCUT2D eigenvalue weighted by Gasteiger charge is -2.36. The molecule has 0 bridgehead atoms. The number of nitrogens with one attached hydrogen (secondary N) is 1. The van der Waals surface area contributed by atoms with E-state index in [1.807, 2.05) is 4.90 Å². The third-order valence-electron chi connectivity index (χ3n) is 5.31. The standard InChI is InChI=1S/C17H32N4O4S/c1-3-19-11-13-20(14-12-19)17(23)15-5-4-9-21(26(2,24)25)10-7-16(22)18-8-6-15/h15H,3-14H2,1-2H3,(H,18,22). The van der Waals surface area contributed by atoms with Gasteiger partial charge in [0.1, 0.15) is 0 Å². The average molecular weight is 389 g/mol. The van der Waals surface area contributed by atoms with Crippen molar-refractivity contribution in [1.82, 2.24) is 19.4 Å². The van der Waals surface area contributed by atoms with Crippen LogP contribution in [0.3, 0.4) is 0 Å². The lowest BCUT2D eigenvalue weighted by atomic mass is 9.97. The van der Waals surface area contributed by atoms with Crippen LogP contribution < -0.4 is 5.32 Å². The van der Waals surface area contributed by atoms with Crippen molar-refractivity contribution in [2.75, 3.05) is 58.6 Å². The van der Waals surface area contributed by atoms with Gasteiger partial charge < -0.3 is 15.1 Å². The third kappa shape index (κ3) is 6.21. The van der Waals surface area contributed by atoms with E-state index >= 15 is 0 Å². The van der Waals surface area contributed by atoms with Crippen molar-refractivity contribution >= 4 is 21.8 Å². The summed E-state index contributed by atoms with van der Waals surface area (Å²) in [4.78, 5) is 29.1. The average Bonchev–Trinajstić information content (AvgIpc) is 2.65. The number of amides is 2. The second-order valence-corrected chi connectivity index (χ2v) is 9.13. The van der Waals surface area contributed by atoms with E-state index in [4.69, 9.17) is 0 Å². The van der Waals surface area contributed by atoms with E-state index in [9.17, 15) is 18.0 Å². The van der Waals surface area contributed by atoms with Gasteiger partial charge in [-0.05, 0) is 25.8 Å². The molecule has 2 aliphatic rings. The Labute approximate surface area is 156 Å². The predicted octanol–water partition coefficient (Wildman–Crippen LogP) is -0.281. The van der Waals surface area contributed by atoms with E-state index in [1.54, 1.807) is 0 Å². The van der Waals surface area contributed by atoms with Gasteiger partial charge in [0.15, 0.2) is 0 Å². The van der Waals surface area contributed by atoms with Gasteiger partial charge in [-0.1, -0.05) is 6.92 Å². The fourth-order valence-corrected chi connectivity index (χ4v) is 4.48. The van der Waals surface area contributed by atoms with Crippen molar-refractivity contribution in [1.29, 1.82) is 0 Å². The van der Waals surface area contributed by atoms with Crippen LogP contribution >= 0.6 is 0 Å². The molecule has 0 aromatic rings. The molecule has 1 atom stereocenters. The predicted molar refractivity (Wildman–Crippen MR) is 100 cm³/mol. The molecule has 8 nitrogen and oxygen atoms in total. The van der Waals surface area contributed by atoms with Gasteiger partial charge in [-0.15, -0.1) is 0 Å². The van der Waals surface area contributed by atoms with Crippen LogP contribution in [0.1, 0.15) is 32.6 Å². The highest BCUT2D eigenvalue weighted by molar-refractivity contribution is 7.88. The summed E-state index contributed by atoms with van der Waals surface area (Å²) in [5.74, 6) is -0.188. The molecule has 0 spiro atoms. The lowest BCUT2D eigenvalue weighted by Crippen LogP contribution is -2.50. The molecule has 9 heteroatoms. The minimum atomic E-state index is -3.34. The minimum absolute atomic E-state index is 0.139. The summed E-state index contributed by atoms with van der Waals surface area (Å²) < 4.78 is 25.1. The molecule has 2 rings (SSSR count). The van der Waals surface area contributed by atoms with Gasteiger partial charge in [0.25, 0.3) is 0 Å². The van der Waals surface area contributed by atoms with Crippen molar-refractivity contribution < 1.29 is 18.0 Å². The minimum Gasteiger partial charge on any atom is -0.356 e. The highest BCUT2D eigenvalue weighted by atomic mass is 32.2. The molecule has 150 valence electrons. The molecule has 2 heterocycles. The maximum absolute atomic E-state index is 12.9. The molecule has 2 aliphatic heterocycles. The first-order chi connectivity index (χ1) is 12.3. The Balaban J connectivity index is 1.99. The first-order valence-corrected chi connectivity index (χ1v) is 11.4. The Hall–Kier alpha value is -1.19. The quantitative estimate of drug-likeness (QED) is 0.718. The fourth-order valence-electron chi connectivity index (χ4n) is 3.59. The van der Waals surface area contributed by atoms with E-state index in [0.29, 0.717) is 32.4 Å². The van der Waals surface area contributed by atoms with Crippen molar-refractivity contribution in [3.8, 4) is 0 Å². The van der Waals surface area contributed by atoms with E-state index in [-0.39, 0.29) is 30.7 Å². The Morgan fingerprint density at radius 2 is 1.81 bits per heavy atom. The normalized spacial score (nSPS) is 25.4. The summed E-state index contributed by atoms with van der Waals surface area (Å²) in [6.07, 6.45) is 3.21. The van der Waals surface area contributed by atoms with Crippen LogP contribution in [0.4, 0.5) is 0 Å². The third-order valence-corrected chi connectivity index (χ3v) is 6.62. The fraction of sp³-hybridized carbons (Fsp3) is 0.882. The summed E-state index contributed by atoms with van der Waals surface area (Å²) in [6, 6.07) is 0. The van der Waals surface area contributed by atoms with E-state index in [2.05, 4.69) is 17.1 Å². The second kappa shape index (κ2) is 9.66. The maximum Gasteiger partial charge on any atom is 0.225 e. The monoisotopic (exact) mass is 388 g/mol. The Kier molecular flexibility index (Phi) is 7.85. The van der Waals surface area contributed by atoms with Gasteiger partial charge in [0.05, 0.1) is 6.26 Å². The van der Waals surface area contributed by atoms with Crippen LogP contribution in [0, 0.1) is 5.92 Å². The molecule has 26 heavy (non-hydrogen) atoms. The Morgan fingerprint density at radius 1 is 1.12 bits per heavy atom. The molecule has 0 aromatic heterocycles. The Morgan fingerprint density at radius 3 is 2.42 bits per heavy atom. The van der Waals surface area contributed by atoms with Crippen LogP contribution in [0.25, 0.3) is 0 Å². The van der Waals surface area contributed by atoms with E-state index in [0.717, 1.165) is 32.7 Å². The molecule has 0 saturated carbocycles. The van der Waals surface area contributed by atoms with Crippen molar-refractivity contribution in [2.24, 2.45) is 5.92 Å². The molecule has 2 amide bonds. The van der Waals surface area contributed by atoms with Crippen LogP contribution in [-0.2, 0) is 19.6 Å². The number of carbonyl (C=O) groups is 2. The van der Waals surface area contributed by atoms with Gasteiger partial charge >= 0.3 is 0 Å². The molecule has 0 aromatic carbocycles. The van der Waals surface area contributed by atoms with Crippen LogP contribution in [0.2, 0.25) is 0 Å². The number of sulfonamides is 1. The van der Waals surface area contributed by atoms with Gasteiger partial charge in [-0.25, -0.2) is 12.7 Å². The van der Waals surface area contributed by atoms with Gasteiger partial charge in [-0.3, -0.25) is 9.59 Å². The second-order valence-electron chi connectivity index (χ2n) is 7.15. The number of carbonyl (C=O) groups excluding carboxylic acids is 2. The molecule has 1 N–H and O–H groups in total. The first kappa shape index (κ1) is 21.1. The van der Waals surface area contributed by atoms with E-state index in [1.165, 1.54) is 10.6 Å². The summed E-state index contributed by atoms with van der Waals surface area (Å²) in [5.41, 5.74) is 0. The number of piperazine rings is 1. The zero-order valence-electron chi connectivity index (χ0n) is 15.9. The van der Waals surface area contributed by atoms with Crippen molar-refractivity contribution in [2.45, 2.75) is 32.6 Å². The SMILES string of the molecule is CCN1CCN(C(=O)C2CCCN(S(C)(=O)=O)CCC(=O)NCC2)CC1. The lowest BCUT2D eigenvalue weighted by molar-refractivity contribution is -0.138.